The van der Waals surface area contributed by atoms with Crippen molar-refractivity contribution in [2.45, 2.75) is 13.0 Å². The van der Waals surface area contributed by atoms with E-state index in [9.17, 15) is 9.59 Å². The summed E-state index contributed by atoms with van der Waals surface area (Å²) in [5.74, 6) is -0.597. The molecule has 1 aromatic heterocycles. The van der Waals surface area contributed by atoms with Crippen LogP contribution in [0, 0.1) is 5.92 Å². The third kappa shape index (κ3) is 2.96. The van der Waals surface area contributed by atoms with Crippen LogP contribution >= 0.6 is 0 Å². The molecule has 132 valence electrons. The van der Waals surface area contributed by atoms with E-state index in [4.69, 9.17) is 5.73 Å². The van der Waals surface area contributed by atoms with Crippen molar-refractivity contribution in [3.05, 3.63) is 71.9 Å². The van der Waals surface area contributed by atoms with E-state index in [1.54, 1.807) is 4.90 Å². The molecule has 0 bridgehead atoms. The Morgan fingerprint density at radius 2 is 1.77 bits per heavy atom. The van der Waals surface area contributed by atoms with Crippen LogP contribution in [0.5, 0.6) is 0 Å². The normalized spacial score (nSPS) is 16.9. The maximum atomic E-state index is 13.1. The summed E-state index contributed by atoms with van der Waals surface area (Å²) in [4.78, 5) is 26.2. The number of aromatic nitrogens is 1. The number of hydrogen-bond acceptors (Lipinski definition) is 2. The van der Waals surface area contributed by atoms with Gasteiger partial charge in [-0.05, 0) is 18.1 Å². The van der Waals surface area contributed by atoms with Crippen LogP contribution in [-0.4, -0.2) is 34.4 Å². The number of likely N-dealkylation sites (tertiary alicyclic amines) is 1. The van der Waals surface area contributed by atoms with Crippen LogP contribution in [0.2, 0.25) is 0 Å². The molecule has 1 aliphatic heterocycles. The van der Waals surface area contributed by atoms with E-state index in [-0.39, 0.29) is 17.7 Å². The smallest absolute Gasteiger partial charge is 0.256 e. The topological polar surface area (TPSA) is 68.3 Å². The highest BCUT2D eigenvalue weighted by Gasteiger charge is 2.31. The van der Waals surface area contributed by atoms with Crippen molar-refractivity contribution in [3.8, 4) is 0 Å². The van der Waals surface area contributed by atoms with E-state index >= 15 is 0 Å². The Balaban J connectivity index is 1.67. The summed E-state index contributed by atoms with van der Waals surface area (Å²) in [6.07, 6.45) is 2.57. The molecule has 0 aliphatic carbocycles. The Bertz CT molecular complexity index is 962. The number of carbonyl (C=O) groups is 2. The van der Waals surface area contributed by atoms with Gasteiger partial charge >= 0.3 is 0 Å². The first-order chi connectivity index (χ1) is 12.6. The van der Waals surface area contributed by atoms with Gasteiger partial charge in [0.1, 0.15) is 0 Å². The summed E-state index contributed by atoms with van der Waals surface area (Å²) in [6, 6.07) is 18.1. The molecule has 1 saturated heterocycles. The molecule has 1 aliphatic rings. The van der Waals surface area contributed by atoms with Gasteiger partial charge in [0, 0.05) is 36.7 Å². The number of hydrogen-bond donors (Lipinski definition) is 1. The lowest BCUT2D eigenvalue weighted by atomic mass is 10.1. The number of primary amides is 1. The highest BCUT2D eigenvalue weighted by Crippen LogP contribution is 2.26. The Morgan fingerprint density at radius 1 is 1.04 bits per heavy atom. The first-order valence-electron chi connectivity index (χ1n) is 8.84. The molecule has 5 heteroatoms. The quantitative estimate of drug-likeness (QED) is 0.788. The number of rotatable bonds is 4. The molecule has 0 spiro atoms. The van der Waals surface area contributed by atoms with Gasteiger partial charge < -0.3 is 15.2 Å². The summed E-state index contributed by atoms with van der Waals surface area (Å²) in [5.41, 5.74) is 8.30. The second kappa shape index (κ2) is 6.67. The molecule has 1 fully saturated rings. The summed E-state index contributed by atoms with van der Waals surface area (Å²) in [5, 5.41) is 0.941. The summed E-state index contributed by atoms with van der Waals surface area (Å²) in [7, 11) is 0. The SMILES string of the molecule is NC(=O)C1CCN(C(=O)c2cn(Cc3ccccc3)c3ccccc23)C1. The molecule has 2 N–H and O–H groups in total. The maximum Gasteiger partial charge on any atom is 0.256 e. The molecule has 4 rings (SSSR count). The van der Waals surface area contributed by atoms with Crippen molar-refractivity contribution in [1.82, 2.24) is 9.47 Å². The van der Waals surface area contributed by atoms with Crippen LogP contribution in [0.3, 0.4) is 0 Å². The molecule has 26 heavy (non-hydrogen) atoms. The monoisotopic (exact) mass is 347 g/mol. The zero-order valence-corrected chi connectivity index (χ0v) is 14.5. The largest absolute Gasteiger partial charge is 0.369 e. The highest BCUT2D eigenvalue weighted by atomic mass is 16.2. The van der Waals surface area contributed by atoms with Gasteiger partial charge in [0.05, 0.1) is 11.5 Å². The third-order valence-electron chi connectivity index (χ3n) is 5.09. The zero-order chi connectivity index (χ0) is 18.1. The predicted molar refractivity (Wildman–Crippen MR) is 101 cm³/mol. The lowest BCUT2D eigenvalue weighted by Crippen LogP contribution is -2.31. The molecule has 1 atom stereocenters. The number of amides is 2. The Labute approximate surface area is 152 Å². The number of para-hydroxylation sites is 1. The molecule has 2 heterocycles. The van der Waals surface area contributed by atoms with E-state index in [1.807, 2.05) is 48.7 Å². The minimum atomic E-state index is -0.327. The minimum absolute atomic E-state index is 0.0308. The second-order valence-corrected chi connectivity index (χ2v) is 6.81. The van der Waals surface area contributed by atoms with Gasteiger partial charge in [0.25, 0.3) is 5.91 Å². The molecular weight excluding hydrogens is 326 g/mol. The van der Waals surface area contributed by atoms with Crippen LogP contribution in [0.15, 0.2) is 60.8 Å². The Morgan fingerprint density at radius 3 is 2.50 bits per heavy atom. The molecule has 0 radical (unpaired) electrons. The Kier molecular flexibility index (Phi) is 4.21. The number of fused-ring (bicyclic) bond motifs is 1. The highest BCUT2D eigenvalue weighted by molar-refractivity contribution is 6.07. The zero-order valence-electron chi connectivity index (χ0n) is 14.5. The van der Waals surface area contributed by atoms with Gasteiger partial charge in [-0.2, -0.15) is 0 Å². The fourth-order valence-electron chi connectivity index (χ4n) is 3.68. The average Bonchev–Trinajstić information content (AvgIpc) is 3.28. The minimum Gasteiger partial charge on any atom is -0.369 e. The van der Waals surface area contributed by atoms with Crippen molar-refractivity contribution >= 4 is 22.7 Å². The molecule has 0 saturated carbocycles. The Hall–Kier alpha value is -3.08. The third-order valence-corrected chi connectivity index (χ3v) is 5.09. The van der Waals surface area contributed by atoms with Crippen molar-refractivity contribution in [2.75, 3.05) is 13.1 Å². The molecule has 2 aromatic carbocycles. The van der Waals surface area contributed by atoms with E-state index in [0.717, 1.165) is 10.9 Å². The van der Waals surface area contributed by atoms with Gasteiger partial charge in [-0.15, -0.1) is 0 Å². The average molecular weight is 347 g/mol. The molecular formula is C21H21N3O2. The number of nitrogens with two attached hydrogens (primary N) is 1. The fourth-order valence-corrected chi connectivity index (χ4v) is 3.68. The van der Waals surface area contributed by atoms with Crippen LogP contribution < -0.4 is 5.73 Å². The molecule has 5 nitrogen and oxygen atoms in total. The fraction of sp³-hybridized carbons (Fsp3) is 0.238. The van der Waals surface area contributed by atoms with Crippen molar-refractivity contribution < 1.29 is 9.59 Å². The van der Waals surface area contributed by atoms with Gasteiger partial charge in [-0.25, -0.2) is 0 Å². The van der Waals surface area contributed by atoms with Crippen LogP contribution in [0.25, 0.3) is 10.9 Å². The molecule has 1 unspecified atom stereocenters. The van der Waals surface area contributed by atoms with Crippen LogP contribution in [-0.2, 0) is 11.3 Å². The first-order valence-corrected chi connectivity index (χ1v) is 8.84. The summed E-state index contributed by atoms with van der Waals surface area (Å²) in [6.45, 7) is 1.69. The number of benzene rings is 2. The van der Waals surface area contributed by atoms with Crippen molar-refractivity contribution in [3.63, 3.8) is 0 Å². The van der Waals surface area contributed by atoms with E-state index in [0.29, 0.717) is 31.6 Å². The van der Waals surface area contributed by atoms with E-state index in [2.05, 4.69) is 16.7 Å². The van der Waals surface area contributed by atoms with E-state index in [1.165, 1.54) is 5.56 Å². The maximum absolute atomic E-state index is 13.1. The van der Waals surface area contributed by atoms with E-state index < -0.39 is 0 Å². The van der Waals surface area contributed by atoms with Crippen LogP contribution in [0.1, 0.15) is 22.3 Å². The van der Waals surface area contributed by atoms with Gasteiger partial charge in [-0.1, -0.05) is 48.5 Å². The van der Waals surface area contributed by atoms with Crippen LogP contribution in [0.4, 0.5) is 0 Å². The summed E-state index contributed by atoms with van der Waals surface area (Å²) >= 11 is 0. The molecule has 3 aromatic rings. The lowest BCUT2D eigenvalue weighted by molar-refractivity contribution is -0.121. The summed E-state index contributed by atoms with van der Waals surface area (Å²) < 4.78 is 2.11. The van der Waals surface area contributed by atoms with Gasteiger partial charge in [0.15, 0.2) is 0 Å². The number of nitrogens with zero attached hydrogens (tertiary/aromatic N) is 2. The number of carbonyl (C=O) groups excluding carboxylic acids is 2. The predicted octanol–water partition coefficient (Wildman–Crippen LogP) is 2.64. The van der Waals surface area contributed by atoms with Crippen molar-refractivity contribution in [1.29, 1.82) is 0 Å². The lowest BCUT2D eigenvalue weighted by Gasteiger charge is -2.15. The van der Waals surface area contributed by atoms with Gasteiger partial charge in [-0.3, -0.25) is 9.59 Å². The molecule has 2 amide bonds. The van der Waals surface area contributed by atoms with Gasteiger partial charge in [0.2, 0.25) is 5.91 Å². The second-order valence-electron chi connectivity index (χ2n) is 6.81. The van der Waals surface area contributed by atoms with Crippen molar-refractivity contribution in [2.24, 2.45) is 11.7 Å². The standard InChI is InChI=1S/C21H21N3O2/c22-20(25)16-10-11-23(13-16)21(26)18-14-24(12-15-6-2-1-3-7-15)19-9-5-4-8-17(18)19/h1-9,14,16H,10-13H2,(H2,22,25). The first kappa shape index (κ1) is 16.4.